The molecule has 2 saturated heterocycles. The van der Waals surface area contributed by atoms with Gasteiger partial charge in [-0.05, 0) is 31.2 Å². The molecule has 2 fully saturated rings. The van der Waals surface area contributed by atoms with Gasteiger partial charge in [-0.3, -0.25) is 9.69 Å². The van der Waals surface area contributed by atoms with Crippen molar-refractivity contribution in [1.82, 2.24) is 15.1 Å². The van der Waals surface area contributed by atoms with E-state index in [4.69, 9.17) is 0 Å². The molecule has 0 aliphatic carbocycles. The predicted octanol–water partition coefficient (Wildman–Crippen LogP) is 1.60. The lowest BCUT2D eigenvalue weighted by molar-refractivity contribution is -0.136. The maximum Gasteiger partial charge on any atom is 0.239 e. The zero-order valence-corrected chi connectivity index (χ0v) is 13.9. The molecule has 0 bridgehead atoms. The Hall–Kier alpha value is -0.320. The van der Waals surface area contributed by atoms with Crippen LogP contribution >= 0.6 is 12.4 Å². The molecule has 1 amide bonds. The third kappa shape index (κ3) is 4.90. The van der Waals surface area contributed by atoms with E-state index in [-0.39, 0.29) is 18.4 Å². The molecular weight excluding hydrogens is 274 g/mol. The van der Waals surface area contributed by atoms with Crippen molar-refractivity contribution in [3.05, 3.63) is 0 Å². The van der Waals surface area contributed by atoms with Crippen molar-refractivity contribution in [1.29, 1.82) is 0 Å². The van der Waals surface area contributed by atoms with Crippen LogP contribution in [0.25, 0.3) is 0 Å². The number of rotatable bonds is 3. The third-order valence-corrected chi connectivity index (χ3v) is 4.27. The minimum Gasteiger partial charge on any atom is -0.339 e. The molecule has 0 aromatic heterocycles. The van der Waals surface area contributed by atoms with Crippen molar-refractivity contribution < 1.29 is 4.79 Å². The molecule has 0 saturated carbocycles. The van der Waals surface area contributed by atoms with Crippen molar-refractivity contribution in [2.45, 2.75) is 39.7 Å². The SMILES string of the molecule is CC(C)CN1CCN(C(=O)C2CC(C)CCN2)CC1.Cl. The summed E-state index contributed by atoms with van der Waals surface area (Å²) in [7, 11) is 0. The van der Waals surface area contributed by atoms with E-state index in [9.17, 15) is 4.79 Å². The maximum atomic E-state index is 12.5. The molecule has 0 aromatic rings. The summed E-state index contributed by atoms with van der Waals surface area (Å²) < 4.78 is 0. The summed E-state index contributed by atoms with van der Waals surface area (Å²) in [6.07, 6.45) is 2.21. The van der Waals surface area contributed by atoms with Crippen LogP contribution in [0.3, 0.4) is 0 Å². The van der Waals surface area contributed by atoms with Crippen LogP contribution in [0.1, 0.15) is 33.6 Å². The summed E-state index contributed by atoms with van der Waals surface area (Å²) in [5, 5.41) is 3.39. The first-order valence-electron chi connectivity index (χ1n) is 7.80. The van der Waals surface area contributed by atoms with Gasteiger partial charge in [-0.2, -0.15) is 0 Å². The van der Waals surface area contributed by atoms with E-state index in [1.54, 1.807) is 0 Å². The molecule has 2 atom stereocenters. The number of nitrogens with one attached hydrogen (secondary N) is 1. The summed E-state index contributed by atoms with van der Waals surface area (Å²) in [4.78, 5) is 17.0. The Morgan fingerprint density at radius 1 is 1.25 bits per heavy atom. The molecule has 2 heterocycles. The molecule has 4 nitrogen and oxygen atoms in total. The van der Waals surface area contributed by atoms with E-state index in [0.717, 1.165) is 45.7 Å². The number of hydrogen-bond donors (Lipinski definition) is 1. The van der Waals surface area contributed by atoms with Crippen LogP contribution in [0, 0.1) is 11.8 Å². The highest BCUT2D eigenvalue weighted by molar-refractivity contribution is 5.85. The van der Waals surface area contributed by atoms with E-state index >= 15 is 0 Å². The molecule has 0 spiro atoms. The van der Waals surface area contributed by atoms with Crippen molar-refractivity contribution in [3.8, 4) is 0 Å². The Morgan fingerprint density at radius 2 is 1.90 bits per heavy atom. The lowest BCUT2D eigenvalue weighted by atomic mass is 9.93. The Bertz CT molecular complexity index is 303. The Labute approximate surface area is 129 Å². The molecule has 20 heavy (non-hydrogen) atoms. The maximum absolute atomic E-state index is 12.5. The van der Waals surface area contributed by atoms with E-state index in [2.05, 4.69) is 35.9 Å². The lowest BCUT2D eigenvalue weighted by Crippen LogP contribution is -2.56. The second kappa shape index (κ2) is 8.20. The van der Waals surface area contributed by atoms with Gasteiger partial charge < -0.3 is 10.2 Å². The van der Waals surface area contributed by atoms with Crippen LogP contribution in [-0.2, 0) is 4.79 Å². The molecule has 2 aliphatic rings. The molecular formula is C15H30ClN3O. The van der Waals surface area contributed by atoms with Gasteiger partial charge in [0.15, 0.2) is 0 Å². The topological polar surface area (TPSA) is 35.6 Å². The number of carbonyl (C=O) groups excluding carboxylic acids is 1. The van der Waals surface area contributed by atoms with Crippen LogP contribution in [-0.4, -0.2) is 61.0 Å². The summed E-state index contributed by atoms with van der Waals surface area (Å²) in [5.41, 5.74) is 0. The fourth-order valence-electron chi connectivity index (χ4n) is 3.18. The van der Waals surface area contributed by atoms with Crippen molar-refractivity contribution in [3.63, 3.8) is 0 Å². The first-order chi connectivity index (χ1) is 9.06. The quantitative estimate of drug-likeness (QED) is 0.860. The smallest absolute Gasteiger partial charge is 0.239 e. The number of amides is 1. The Morgan fingerprint density at radius 3 is 2.45 bits per heavy atom. The van der Waals surface area contributed by atoms with Crippen LogP contribution in [0.4, 0.5) is 0 Å². The zero-order valence-electron chi connectivity index (χ0n) is 13.1. The van der Waals surface area contributed by atoms with Gasteiger partial charge in [0.2, 0.25) is 5.91 Å². The standard InChI is InChI=1S/C15H29N3O.ClH/c1-12(2)11-17-6-8-18(9-7-17)15(19)14-10-13(3)4-5-16-14;/h12-14,16H,4-11H2,1-3H3;1H. The molecule has 2 unspecified atom stereocenters. The number of halogens is 1. The first-order valence-corrected chi connectivity index (χ1v) is 7.80. The number of hydrogen-bond acceptors (Lipinski definition) is 3. The zero-order chi connectivity index (χ0) is 13.8. The van der Waals surface area contributed by atoms with Crippen LogP contribution in [0.15, 0.2) is 0 Å². The molecule has 118 valence electrons. The number of piperidine rings is 1. The van der Waals surface area contributed by atoms with Gasteiger partial charge in [-0.1, -0.05) is 20.8 Å². The van der Waals surface area contributed by atoms with Crippen LogP contribution < -0.4 is 5.32 Å². The monoisotopic (exact) mass is 303 g/mol. The Kier molecular flexibility index (Phi) is 7.27. The van der Waals surface area contributed by atoms with Gasteiger partial charge in [0.05, 0.1) is 6.04 Å². The Balaban J connectivity index is 0.00000200. The summed E-state index contributed by atoms with van der Waals surface area (Å²) in [6.45, 7) is 12.8. The fraction of sp³-hybridized carbons (Fsp3) is 0.933. The van der Waals surface area contributed by atoms with E-state index in [0.29, 0.717) is 17.7 Å². The van der Waals surface area contributed by atoms with Crippen LogP contribution in [0.5, 0.6) is 0 Å². The van der Waals surface area contributed by atoms with Crippen LogP contribution in [0.2, 0.25) is 0 Å². The van der Waals surface area contributed by atoms with Crippen molar-refractivity contribution in [2.24, 2.45) is 11.8 Å². The number of piperazine rings is 1. The first kappa shape index (κ1) is 17.7. The molecule has 2 aliphatic heterocycles. The molecule has 1 N–H and O–H groups in total. The third-order valence-electron chi connectivity index (χ3n) is 4.27. The summed E-state index contributed by atoms with van der Waals surface area (Å²) in [6, 6.07) is 0.0698. The lowest BCUT2D eigenvalue weighted by Gasteiger charge is -2.38. The van der Waals surface area contributed by atoms with Crippen molar-refractivity contribution in [2.75, 3.05) is 39.3 Å². The highest BCUT2D eigenvalue weighted by Crippen LogP contribution is 2.17. The van der Waals surface area contributed by atoms with Gasteiger partial charge in [0, 0.05) is 32.7 Å². The van der Waals surface area contributed by atoms with Gasteiger partial charge in [-0.15, -0.1) is 12.4 Å². The van der Waals surface area contributed by atoms with Gasteiger partial charge in [-0.25, -0.2) is 0 Å². The van der Waals surface area contributed by atoms with Gasteiger partial charge in [0.25, 0.3) is 0 Å². The predicted molar refractivity (Wildman–Crippen MR) is 85.3 cm³/mol. The number of carbonyl (C=O) groups is 1. The second-order valence-electron chi connectivity index (χ2n) is 6.66. The largest absolute Gasteiger partial charge is 0.339 e. The highest BCUT2D eigenvalue weighted by Gasteiger charge is 2.30. The van der Waals surface area contributed by atoms with Gasteiger partial charge in [0.1, 0.15) is 0 Å². The fourth-order valence-corrected chi connectivity index (χ4v) is 3.18. The van der Waals surface area contributed by atoms with E-state index in [1.807, 2.05) is 0 Å². The highest BCUT2D eigenvalue weighted by atomic mass is 35.5. The average molecular weight is 304 g/mol. The molecule has 0 radical (unpaired) electrons. The van der Waals surface area contributed by atoms with Crippen molar-refractivity contribution >= 4 is 18.3 Å². The summed E-state index contributed by atoms with van der Waals surface area (Å²) >= 11 is 0. The molecule has 0 aromatic carbocycles. The molecule has 5 heteroatoms. The van der Waals surface area contributed by atoms with E-state index < -0.39 is 0 Å². The average Bonchev–Trinajstić information content (AvgIpc) is 2.38. The minimum atomic E-state index is 0. The molecule has 2 rings (SSSR count). The number of nitrogens with zero attached hydrogens (tertiary/aromatic N) is 2. The van der Waals surface area contributed by atoms with E-state index in [1.165, 1.54) is 6.42 Å². The summed E-state index contributed by atoms with van der Waals surface area (Å²) in [5.74, 6) is 1.72. The second-order valence-corrected chi connectivity index (χ2v) is 6.66. The normalized spacial score (nSPS) is 28.3. The minimum absolute atomic E-state index is 0. The van der Waals surface area contributed by atoms with Gasteiger partial charge >= 0.3 is 0 Å².